The number of carbonyl (C=O) groups is 1. The number of nitrogens with one attached hydrogen (secondary N) is 1. The van der Waals surface area contributed by atoms with Crippen LogP contribution in [0.5, 0.6) is 5.75 Å². The maximum atomic E-state index is 11.9. The second kappa shape index (κ2) is 6.36. The Kier molecular flexibility index (Phi) is 5.33. The van der Waals surface area contributed by atoms with Crippen molar-refractivity contribution in [1.29, 1.82) is 0 Å². The summed E-state index contributed by atoms with van der Waals surface area (Å²) in [7, 11) is -3.88. The number of sulfonamides is 1. The second-order valence-corrected chi connectivity index (χ2v) is 6.27. The summed E-state index contributed by atoms with van der Waals surface area (Å²) in [6, 6.07) is 3.03. The lowest BCUT2D eigenvalue weighted by Crippen LogP contribution is -2.38. The van der Waals surface area contributed by atoms with Gasteiger partial charge in [0.1, 0.15) is 11.8 Å². The van der Waals surface area contributed by atoms with Gasteiger partial charge in [-0.3, -0.25) is 4.79 Å². The molecule has 0 unspecified atom stereocenters. The van der Waals surface area contributed by atoms with Gasteiger partial charge >= 0.3 is 5.97 Å². The zero-order valence-corrected chi connectivity index (χ0v) is 12.8. The van der Waals surface area contributed by atoms with Crippen LogP contribution in [0.1, 0.15) is 13.8 Å². The van der Waals surface area contributed by atoms with E-state index in [4.69, 9.17) is 9.84 Å². The molecular formula is C11H14BrNO5S. The number of rotatable bonds is 6. The van der Waals surface area contributed by atoms with Crippen LogP contribution in [0.4, 0.5) is 0 Å². The highest BCUT2D eigenvalue weighted by atomic mass is 79.9. The molecule has 0 saturated carbocycles. The van der Waals surface area contributed by atoms with E-state index in [2.05, 4.69) is 20.7 Å². The van der Waals surface area contributed by atoms with Crippen LogP contribution in [-0.4, -0.2) is 32.1 Å². The third-order valence-electron chi connectivity index (χ3n) is 2.22. The molecule has 0 fully saturated rings. The summed E-state index contributed by atoms with van der Waals surface area (Å²) in [4.78, 5) is 10.6. The van der Waals surface area contributed by atoms with Gasteiger partial charge in [-0.15, -0.1) is 0 Å². The average molecular weight is 352 g/mol. The van der Waals surface area contributed by atoms with E-state index in [0.29, 0.717) is 16.8 Å². The lowest BCUT2D eigenvalue weighted by Gasteiger charge is -2.12. The Morgan fingerprint density at radius 1 is 1.53 bits per heavy atom. The summed E-state index contributed by atoms with van der Waals surface area (Å²) in [6.45, 7) is 3.52. The average Bonchev–Trinajstić information content (AvgIpc) is 2.31. The van der Waals surface area contributed by atoms with Crippen molar-refractivity contribution >= 4 is 31.9 Å². The quantitative estimate of drug-likeness (QED) is 0.811. The number of aliphatic carboxylic acids is 1. The third kappa shape index (κ3) is 4.19. The summed E-state index contributed by atoms with van der Waals surface area (Å²) in [5, 5.41) is 8.70. The van der Waals surface area contributed by atoms with Crippen LogP contribution in [0.25, 0.3) is 0 Å². The van der Waals surface area contributed by atoms with Crippen LogP contribution in [0.2, 0.25) is 0 Å². The Morgan fingerprint density at radius 2 is 2.16 bits per heavy atom. The van der Waals surface area contributed by atoms with E-state index in [9.17, 15) is 13.2 Å². The van der Waals surface area contributed by atoms with Gasteiger partial charge in [0, 0.05) is 0 Å². The first-order chi connectivity index (χ1) is 8.77. The predicted octanol–water partition coefficient (Wildman–Crippen LogP) is 1.60. The van der Waals surface area contributed by atoms with Crippen molar-refractivity contribution < 1.29 is 23.1 Å². The molecule has 0 spiro atoms. The van der Waals surface area contributed by atoms with Crippen LogP contribution in [0.15, 0.2) is 27.6 Å². The zero-order chi connectivity index (χ0) is 14.6. The molecule has 1 atom stereocenters. The van der Waals surface area contributed by atoms with Gasteiger partial charge in [0.25, 0.3) is 0 Å². The van der Waals surface area contributed by atoms with Gasteiger partial charge in [-0.25, -0.2) is 8.42 Å². The molecule has 1 aromatic rings. The fourth-order valence-electron chi connectivity index (χ4n) is 1.27. The van der Waals surface area contributed by atoms with Gasteiger partial charge in [0.15, 0.2) is 0 Å². The smallest absolute Gasteiger partial charge is 0.321 e. The molecule has 1 aromatic carbocycles. The van der Waals surface area contributed by atoms with Gasteiger partial charge in [0.2, 0.25) is 10.0 Å². The zero-order valence-electron chi connectivity index (χ0n) is 10.4. The first kappa shape index (κ1) is 15.9. The maximum absolute atomic E-state index is 11.9. The van der Waals surface area contributed by atoms with E-state index >= 15 is 0 Å². The van der Waals surface area contributed by atoms with Crippen LogP contribution < -0.4 is 9.46 Å². The van der Waals surface area contributed by atoms with Gasteiger partial charge < -0.3 is 9.84 Å². The molecule has 0 aliphatic carbocycles. The lowest BCUT2D eigenvalue weighted by atomic mass is 10.3. The Labute approximate surface area is 120 Å². The highest BCUT2D eigenvalue weighted by Gasteiger charge is 2.22. The Balaban J connectivity index is 3.02. The molecule has 8 heteroatoms. The molecular weight excluding hydrogens is 338 g/mol. The monoisotopic (exact) mass is 351 g/mol. The highest BCUT2D eigenvalue weighted by Crippen LogP contribution is 2.27. The van der Waals surface area contributed by atoms with Gasteiger partial charge in [-0.2, -0.15) is 4.72 Å². The Morgan fingerprint density at radius 3 is 2.63 bits per heavy atom. The molecule has 0 radical (unpaired) electrons. The largest absolute Gasteiger partial charge is 0.493 e. The van der Waals surface area contributed by atoms with Crippen LogP contribution in [0.3, 0.4) is 0 Å². The molecule has 106 valence electrons. The molecule has 0 saturated heterocycles. The molecule has 0 amide bonds. The van der Waals surface area contributed by atoms with Crippen molar-refractivity contribution in [2.75, 3.05) is 6.61 Å². The van der Waals surface area contributed by atoms with E-state index in [1.165, 1.54) is 25.1 Å². The molecule has 0 aromatic heterocycles. The normalized spacial score (nSPS) is 13.0. The first-order valence-corrected chi connectivity index (χ1v) is 7.73. The van der Waals surface area contributed by atoms with E-state index in [0.717, 1.165) is 0 Å². The molecule has 0 aliphatic heterocycles. The van der Waals surface area contributed by atoms with Crippen molar-refractivity contribution in [3.05, 3.63) is 22.7 Å². The molecule has 19 heavy (non-hydrogen) atoms. The number of halogens is 1. The summed E-state index contributed by atoms with van der Waals surface area (Å²) in [6.07, 6.45) is 0. The third-order valence-corrected chi connectivity index (χ3v) is 4.37. The molecule has 2 N–H and O–H groups in total. The Hall–Kier alpha value is -1.12. The van der Waals surface area contributed by atoms with Gasteiger partial charge in [-0.05, 0) is 48.0 Å². The summed E-state index contributed by atoms with van der Waals surface area (Å²) < 4.78 is 31.7. The fourth-order valence-corrected chi connectivity index (χ4v) is 3.14. The van der Waals surface area contributed by atoms with Crippen molar-refractivity contribution in [3.8, 4) is 5.75 Å². The van der Waals surface area contributed by atoms with Crippen molar-refractivity contribution in [3.63, 3.8) is 0 Å². The summed E-state index contributed by atoms with van der Waals surface area (Å²) in [5.41, 5.74) is 0. The minimum atomic E-state index is -3.88. The molecule has 0 heterocycles. The van der Waals surface area contributed by atoms with E-state index in [1.54, 1.807) is 0 Å². The molecule has 6 nitrogen and oxygen atoms in total. The lowest BCUT2D eigenvalue weighted by molar-refractivity contribution is -0.138. The minimum Gasteiger partial charge on any atom is -0.493 e. The molecule has 1 rings (SSSR count). The molecule has 0 aliphatic rings. The van der Waals surface area contributed by atoms with Crippen molar-refractivity contribution in [1.82, 2.24) is 4.72 Å². The fraction of sp³-hybridized carbons (Fsp3) is 0.364. The van der Waals surface area contributed by atoms with Crippen molar-refractivity contribution in [2.45, 2.75) is 24.8 Å². The summed E-state index contributed by atoms with van der Waals surface area (Å²) >= 11 is 3.20. The van der Waals surface area contributed by atoms with Crippen LogP contribution in [-0.2, 0) is 14.8 Å². The Bertz CT molecular complexity index is 572. The van der Waals surface area contributed by atoms with E-state index in [-0.39, 0.29) is 4.90 Å². The summed E-state index contributed by atoms with van der Waals surface area (Å²) in [5.74, 6) is -0.721. The van der Waals surface area contributed by atoms with Gasteiger partial charge in [-0.1, -0.05) is 0 Å². The SMILES string of the molecule is CCOc1ccc(S(=O)(=O)N[C@@H](C)C(=O)O)cc1Br. The minimum absolute atomic E-state index is 0.0315. The number of benzene rings is 1. The number of carboxylic acid groups (broad SMARTS) is 1. The number of hydrogen-bond donors (Lipinski definition) is 2. The predicted molar refractivity (Wildman–Crippen MR) is 72.7 cm³/mol. The first-order valence-electron chi connectivity index (χ1n) is 5.45. The highest BCUT2D eigenvalue weighted by molar-refractivity contribution is 9.10. The van der Waals surface area contributed by atoms with E-state index < -0.39 is 22.0 Å². The van der Waals surface area contributed by atoms with Crippen LogP contribution >= 0.6 is 15.9 Å². The topological polar surface area (TPSA) is 92.7 Å². The van der Waals surface area contributed by atoms with Gasteiger partial charge in [0.05, 0.1) is 16.0 Å². The van der Waals surface area contributed by atoms with E-state index in [1.807, 2.05) is 6.92 Å². The second-order valence-electron chi connectivity index (χ2n) is 3.71. The van der Waals surface area contributed by atoms with Crippen LogP contribution in [0, 0.1) is 0 Å². The number of ether oxygens (including phenoxy) is 1. The standard InChI is InChI=1S/C11H14BrNO5S/c1-3-18-10-5-4-8(6-9(10)12)19(16,17)13-7(2)11(14)15/h4-7,13H,3H2,1-2H3,(H,14,15)/t7-/m0/s1. The van der Waals surface area contributed by atoms with Crippen molar-refractivity contribution in [2.24, 2.45) is 0 Å². The number of carboxylic acids is 1. The molecule has 0 bridgehead atoms. The maximum Gasteiger partial charge on any atom is 0.321 e. The number of hydrogen-bond acceptors (Lipinski definition) is 4.